The number of benzene rings is 4. The van der Waals surface area contributed by atoms with Crippen LogP contribution in [0, 0.1) is 0 Å². The van der Waals surface area contributed by atoms with Gasteiger partial charge in [-0.15, -0.1) is 0 Å². The van der Waals surface area contributed by atoms with Gasteiger partial charge in [0, 0.05) is 23.0 Å². The second-order valence-corrected chi connectivity index (χ2v) is 8.16. The number of carbonyl (C=O) groups is 1. The Morgan fingerprint density at radius 1 is 0.676 bits per heavy atom. The summed E-state index contributed by atoms with van der Waals surface area (Å²) in [5.74, 6) is 0.306. The van der Waals surface area contributed by atoms with Gasteiger partial charge >= 0.3 is 0 Å². The highest BCUT2D eigenvalue weighted by Crippen LogP contribution is 2.24. The lowest BCUT2D eigenvalue weighted by atomic mass is 10.0. The molecule has 0 saturated carbocycles. The van der Waals surface area contributed by atoms with Crippen molar-refractivity contribution < 1.29 is 4.79 Å². The Morgan fingerprint density at radius 3 is 1.88 bits per heavy atom. The standard InChI is InChI=1S/C30H25N3O/c34-29(26-20-18-24(19-21-26)17-16-23-10-4-1-5-11-23)32-30-31-28(25-12-6-2-7-13-25)22-33(30)27-14-8-3-9-15-27/h1-15,18-22H,16-17H2,(H,31,32,34). The Kier molecular flexibility index (Phi) is 6.30. The monoisotopic (exact) mass is 443 g/mol. The quantitative estimate of drug-likeness (QED) is 0.309. The molecule has 0 radical (unpaired) electrons. The van der Waals surface area contributed by atoms with Crippen molar-refractivity contribution in [3.63, 3.8) is 0 Å². The number of aryl methyl sites for hydroxylation is 2. The molecule has 0 spiro atoms. The molecule has 4 aromatic carbocycles. The highest BCUT2D eigenvalue weighted by atomic mass is 16.1. The molecular weight excluding hydrogens is 418 g/mol. The minimum Gasteiger partial charge on any atom is -0.292 e. The fourth-order valence-corrected chi connectivity index (χ4v) is 3.93. The van der Waals surface area contributed by atoms with Crippen LogP contribution in [0.1, 0.15) is 21.5 Å². The summed E-state index contributed by atoms with van der Waals surface area (Å²) >= 11 is 0. The average Bonchev–Trinajstić information content (AvgIpc) is 3.33. The van der Waals surface area contributed by atoms with Crippen LogP contribution in [0.5, 0.6) is 0 Å². The minimum absolute atomic E-state index is 0.183. The van der Waals surface area contributed by atoms with E-state index in [0.717, 1.165) is 29.8 Å². The first kappa shape index (κ1) is 21.4. The van der Waals surface area contributed by atoms with Crippen molar-refractivity contribution >= 4 is 11.9 Å². The lowest BCUT2D eigenvalue weighted by molar-refractivity contribution is 0.102. The van der Waals surface area contributed by atoms with Crippen molar-refractivity contribution in [1.82, 2.24) is 9.55 Å². The van der Waals surface area contributed by atoms with Crippen LogP contribution in [0.3, 0.4) is 0 Å². The molecule has 1 N–H and O–H groups in total. The molecule has 0 atom stereocenters. The lowest BCUT2D eigenvalue weighted by Crippen LogP contribution is -2.15. The maximum Gasteiger partial charge on any atom is 0.257 e. The van der Waals surface area contributed by atoms with Crippen LogP contribution in [0.15, 0.2) is 121 Å². The Balaban J connectivity index is 1.35. The molecule has 4 heteroatoms. The fourth-order valence-electron chi connectivity index (χ4n) is 3.93. The third kappa shape index (κ3) is 4.97. The van der Waals surface area contributed by atoms with Crippen molar-refractivity contribution in [3.8, 4) is 16.9 Å². The molecule has 1 amide bonds. The molecule has 0 aliphatic carbocycles. The van der Waals surface area contributed by atoms with Crippen LogP contribution < -0.4 is 5.32 Å². The van der Waals surface area contributed by atoms with Crippen LogP contribution in [0.4, 0.5) is 5.95 Å². The van der Waals surface area contributed by atoms with E-state index in [4.69, 9.17) is 4.98 Å². The smallest absolute Gasteiger partial charge is 0.257 e. The molecular formula is C30H25N3O. The van der Waals surface area contributed by atoms with E-state index in [-0.39, 0.29) is 5.91 Å². The predicted molar refractivity (Wildman–Crippen MR) is 137 cm³/mol. The summed E-state index contributed by atoms with van der Waals surface area (Å²) in [6.45, 7) is 0. The fraction of sp³-hybridized carbons (Fsp3) is 0.0667. The van der Waals surface area contributed by atoms with Gasteiger partial charge in [0.25, 0.3) is 5.91 Å². The predicted octanol–water partition coefficient (Wildman–Crippen LogP) is 6.58. The molecule has 0 aliphatic rings. The number of aromatic nitrogens is 2. The number of para-hydroxylation sites is 1. The van der Waals surface area contributed by atoms with Crippen LogP contribution >= 0.6 is 0 Å². The van der Waals surface area contributed by atoms with Gasteiger partial charge in [0.05, 0.1) is 5.69 Å². The Labute approximate surface area is 199 Å². The molecule has 1 heterocycles. The zero-order chi connectivity index (χ0) is 23.2. The van der Waals surface area contributed by atoms with E-state index in [1.165, 1.54) is 11.1 Å². The van der Waals surface area contributed by atoms with Gasteiger partial charge in [0.1, 0.15) is 0 Å². The Bertz CT molecular complexity index is 1360. The molecule has 4 nitrogen and oxygen atoms in total. The number of imidazole rings is 1. The normalized spacial score (nSPS) is 10.7. The van der Waals surface area contributed by atoms with Crippen LogP contribution in [0.2, 0.25) is 0 Å². The van der Waals surface area contributed by atoms with E-state index >= 15 is 0 Å². The lowest BCUT2D eigenvalue weighted by Gasteiger charge is -2.09. The second-order valence-electron chi connectivity index (χ2n) is 8.16. The summed E-state index contributed by atoms with van der Waals surface area (Å²) in [5, 5.41) is 3.01. The molecule has 0 aliphatic heterocycles. The highest BCUT2D eigenvalue weighted by Gasteiger charge is 2.15. The Hall–Kier alpha value is -4.44. The van der Waals surface area contributed by atoms with Gasteiger partial charge in [0.15, 0.2) is 0 Å². The van der Waals surface area contributed by atoms with Crippen molar-refractivity contribution in [1.29, 1.82) is 0 Å². The first-order valence-electron chi connectivity index (χ1n) is 11.4. The number of rotatable bonds is 7. The molecule has 166 valence electrons. The first-order valence-corrected chi connectivity index (χ1v) is 11.4. The van der Waals surface area contributed by atoms with Crippen LogP contribution in [-0.4, -0.2) is 15.5 Å². The van der Waals surface area contributed by atoms with E-state index in [2.05, 4.69) is 29.6 Å². The molecule has 0 fully saturated rings. The van der Waals surface area contributed by atoms with E-state index in [1.807, 2.05) is 102 Å². The molecule has 0 unspecified atom stereocenters. The summed E-state index contributed by atoms with van der Waals surface area (Å²) in [5.41, 5.74) is 5.85. The largest absolute Gasteiger partial charge is 0.292 e. The van der Waals surface area contributed by atoms with Crippen molar-refractivity contribution in [3.05, 3.63) is 138 Å². The Morgan fingerprint density at radius 2 is 1.24 bits per heavy atom. The SMILES string of the molecule is O=C(Nc1nc(-c2ccccc2)cn1-c1ccccc1)c1ccc(CCc2ccccc2)cc1. The van der Waals surface area contributed by atoms with Crippen LogP contribution in [0.25, 0.3) is 16.9 Å². The summed E-state index contributed by atoms with van der Waals surface area (Å²) in [7, 11) is 0. The second kappa shape index (κ2) is 10.0. The van der Waals surface area contributed by atoms with E-state index in [9.17, 15) is 4.79 Å². The number of hydrogen-bond acceptors (Lipinski definition) is 2. The summed E-state index contributed by atoms with van der Waals surface area (Å²) in [4.78, 5) is 17.8. The zero-order valence-corrected chi connectivity index (χ0v) is 18.8. The average molecular weight is 444 g/mol. The number of hydrogen-bond donors (Lipinski definition) is 1. The molecule has 34 heavy (non-hydrogen) atoms. The molecule has 1 aromatic heterocycles. The van der Waals surface area contributed by atoms with Gasteiger partial charge in [-0.2, -0.15) is 0 Å². The van der Waals surface area contributed by atoms with E-state index in [1.54, 1.807) is 0 Å². The summed E-state index contributed by atoms with van der Waals surface area (Å²) < 4.78 is 1.91. The number of nitrogens with one attached hydrogen (secondary N) is 1. The molecule has 0 bridgehead atoms. The van der Waals surface area contributed by atoms with Gasteiger partial charge in [-0.05, 0) is 48.2 Å². The van der Waals surface area contributed by atoms with Crippen LogP contribution in [-0.2, 0) is 12.8 Å². The zero-order valence-electron chi connectivity index (χ0n) is 18.8. The van der Waals surface area contributed by atoms with Gasteiger partial charge < -0.3 is 0 Å². The summed E-state index contributed by atoms with van der Waals surface area (Å²) in [6.07, 6.45) is 3.86. The van der Waals surface area contributed by atoms with E-state index in [0.29, 0.717) is 11.5 Å². The van der Waals surface area contributed by atoms with Gasteiger partial charge in [-0.25, -0.2) is 4.98 Å². The van der Waals surface area contributed by atoms with Gasteiger partial charge in [0.2, 0.25) is 5.95 Å². The first-order chi connectivity index (χ1) is 16.8. The van der Waals surface area contributed by atoms with Crippen molar-refractivity contribution in [2.75, 3.05) is 5.32 Å². The third-order valence-electron chi connectivity index (χ3n) is 5.80. The minimum atomic E-state index is -0.183. The van der Waals surface area contributed by atoms with Gasteiger partial charge in [-0.3, -0.25) is 14.7 Å². The maximum atomic E-state index is 13.1. The summed E-state index contributed by atoms with van der Waals surface area (Å²) in [6, 6.07) is 38.1. The van der Waals surface area contributed by atoms with Crippen molar-refractivity contribution in [2.24, 2.45) is 0 Å². The topological polar surface area (TPSA) is 46.9 Å². The number of carbonyl (C=O) groups excluding carboxylic acids is 1. The third-order valence-corrected chi connectivity index (χ3v) is 5.80. The van der Waals surface area contributed by atoms with Crippen molar-refractivity contribution in [2.45, 2.75) is 12.8 Å². The number of nitrogens with zero attached hydrogens (tertiary/aromatic N) is 2. The highest BCUT2D eigenvalue weighted by molar-refractivity contribution is 6.03. The molecule has 5 aromatic rings. The molecule has 5 rings (SSSR count). The maximum absolute atomic E-state index is 13.1. The van der Waals surface area contributed by atoms with Gasteiger partial charge in [-0.1, -0.05) is 91.0 Å². The number of anilines is 1. The van der Waals surface area contributed by atoms with E-state index < -0.39 is 0 Å². The molecule has 0 saturated heterocycles. The number of amides is 1.